The van der Waals surface area contributed by atoms with E-state index in [9.17, 15) is 0 Å². The van der Waals surface area contributed by atoms with Crippen molar-refractivity contribution in [3.05, 3.63) is 18.0 Å². The van der Waals surface area contributed by atoms with Crippen LogP contribution in [0.25, 0.3) is 11.2 Å². The summed E-state index contributed by atoms with van der Waals surface area (Å²) in [7, 11) is 1.64. The minimum Gasteiger partial charge on any atom is -0.481 e. The summed E-state index contributed by atoms with van der Waals surface area (Å²) >= 11 is 6.08. The number of fused-ring (bicyclic) bond motifs is 1. The normalized spacial score (nSPS) is 22.6. The monoisotopic (exact) mass is 307 g/mol. The van der Waals surface area contributed by atoms with Crippen LogP contribution in [-0.2, 0) is 12.4 Å². The Hall–Kier alpha value is -1.29. The maximum Gasteiger partial charge on any atom is 0.215 e. The fourth-order valence-corrected chi connectivity index (χ4v) is 3.63. The van der Waals surface area contributed by atoms with Crippen LogP contribution in [0.3, 0.4) is 0 Å². The second kappa shape index (κ2) is 6.22. The SMILES string of the molecule is COc1ccc2nc(CCl)n(CC3CCCC(C)C3)c2n1. The van der Waals surface area contributed by atoms with E-state index in [1.165, 1.54) is 25.7 Å². The summed E-state index contributed by atoms with van der Waals surface area (Å²) < 4.78 is 7.43. The molecule has 0 radical (unpaired) electrons. The van der Waals surface area contributed by atoms with Gasteiger partial charge in [0, 0.05) is 12.6 Å². The molecular formula is C16H22ClN3O. The number of hydrogen-bond acceptors (Lipinski definition) is 3. The second-order valence-electron chi connectivity index (χ2n) is 6.11. The number of ether oxygens (including phenoxy) is 1. The zero-order valence-corrected chi connectivity index (χ0v) is 13.4. The minimum atomic E-state index is 0.418. The van der Waals surface area contributed by atoms with Gasteiger partial charge in [0.15, 0.2) is 5.65 Å². The summed E-state index contributed by atoms with van der Waals surface area (Å²) in [6.07, 6.45) is 5.25. The summed E-state index contributed by atoms with van der Waals surface area (Å²) in [6, 6.07) is 3.80. The molecule has 4 nitrogen and oxygen atoms in total. The Morgan fingerprint density at radius 1 is 1.33 bits per heavy atom. The van der Waals surface area contributed by atoms with E-state index in [0.29, 0.717) is 17.7 Å². The summed E-state index contributed by atoms with van der Waals surface area (Å²) in [4.78, 5) is 9.17. The van der Waals surface area contributed by atoms with Crippen LogP contribution in [0.2, 0.25) is 0 Å². The number of halogens is 1. The molecule has 0 bridgehead atoms. The van der Waals surface area contributed by atoms with Gasteiger partial charge in [0.1, 0.15) is 11.3 Å². The lowest BCUT2D eigenvalue weighted by Gasteiger charge is -2.27. The lowest BCUT2D eigenvalue weighted by Crippen LogP contribution is -2.19. The Balaban J connectivity index is 1.94. The van der Waals surface area contributed by atoms with Crippen molar-refractivity contribution in [3.63, 3.8) is 0 Å². The average molecular weight is 308 g/mol. The third-order valence-electron chi connectivity index (χ3n) is 4.46. The molecule has 2 unspecified atom stereocenters. The molecular weight excluding hydrogens is 286 g/mol. The number of imidazole rings is 1. The van der Waals surface area contributed by atoms with Gasteiger partial charge in [-0.25, -0.2) is 4.98 Å². The van der Waals surface area contributed by atoms with Gasteiger partial charge in [0.05, 0.1) is 13.0 Å². The van der Waals surface area contributed by atoms with Crippen molar-refractivity contribution in [2.45, 2.75) is 45.0 Å². The molecule has 1 saturated carbocycles. The highest BCUT2D eigenvalue weighted by molar-refractivity contribution is 6.16. The van der Waals surface area contributed by atoms with Crippen LogP contribution in [-0.4, -0.2) is 21.6 Å². The summed E-state index contributed by atoms with van der Waals surface area (Å²) in [5.41, 5.74) is 1.79. The molecule has 2 aromatic rings. The highest BCUT2D eigenvalue weighted by Gasteiger charge is 2.22. The zero-order chi connectivity index (χ0) is 14.8. The quantitative estimate of drug-likeness (QED) is 0.801. The molecule has 0 saturated heterocycles. The molecule has 0 aliphatic heterocycles. The number of hydrogen-bond donors (Lipinski definition) is 0. The van der Waals surface area contributed by atoms with Gasteiger partial charge in [-0.3, -0.25) is 0 Å². The van der Waals surface area contributed by atoms with E-state index in [4.69, 9.17) is 16.3 Å². The molecule has 0 aromatic carbocycles. The second-order valence-corrected chi connectivity index (χ2v) is 6.37. The first-order valence-corrected chi connectivity index (χ1v) is 8.20. The molecule has 1 fully saturated rings. The van der Waals surface area contributed by atoms with Gasteiger partial charge in [-0.05, 0) is 30.7 Å². The Morgan fingerprint density at radius 2 is 2.19 bits per heavy atom. The van der Waals surface area contributed by atoms with E-state index in [-0.39, 0.29) is 0 Å². The number of rotatable bonds is 4. The number of methoxy groups -OCH3 is 1. The molecule has 21 heavy (non-hydrogen) atoms. The molecule has 2 atom stereocenters. The lowest BCUT2D eigenvalue weighted by atomic mass is 9.82. The van der Waals surface area contributed by atoms with Crippen molar-refractivity contribution < 1.29 is 4.74 Å². The van der Waals surface area contributed by atoms with Crippen molar-refractivity contribution in [1.82, 2.24) is 14.5 Å². The molecule has 5 heteroatoms. The predicted molar refractivity (Wildman–Crippen MR) is 84.8 cm³/mol. The number of pyridine rings is 1. The molecule has 0 spiro atoms. The Morgan fingerprint density at radius 3 is 2.90 bits per heavy atom. The molecule has 0 amide bonds. The molecule has 2 heterocycles. The van der Waals surface area contributed by atoms with Crippen molar-refractivity contribution in [2.75, 3.05) is 7.11 Å². The van der Waals surface area contributed by atoms with Crippen LogP contribution >= 0.6 is 11.6 Å². The van der Waals surface area contributed by atoms with Gasteiger partial charge in [-0.1, -0.05) is 19.8 Å². The van der Waals surface area contributed by atoms with Crippen LogP contribution in [0.5, 0.6) is 5.88 Å². The number of nitrogens with zero attached hydrogens (tertiary/aromatic N) is 3. The first-order chi connectivity index (χ1) is 10.2. The minimum absolute atomic E-state index is 0.418. The van der Waals surface area contributed by atoms with E-state index in [1.807, 2.05) is 12.1 Å². The Bertz CT molecular complexity index is 625. The van der Waals surface area contributed by atoms with Crippen LogP contribution < -0.4 is 4.74 Å². The molecule has 2 aromatic heterocycles. The maximum atomic E-state index is 6.08. The van der Waals surface area contributed by atoms with Crippen molar-refractivity contribution >= 4 is 22.8 Å². The van der Waals surface area contributed by atoms with Gasteiger partial charge in [0.2, 0.25) is 5.88 Å². The fraction of sp³-hybridized carbons (Fsp3) is 0.625. The van der Waals surface area contributed by atoms with Crippen molar-refractivity contribution in [3.8, 4) is 5.88 Å². The van der Waals surface area contributed by atoms with Crippen LogP contribution in [0, 0.1) is 11.8 Å². The zero-order valence-electron chi connectivity index (χ0n) is 12.7. The Kier molecular flexibility index (Phi) is 4.34. The first kappa shape index (κ1) is 14.6. The highest BCUT2D eigenvalue weighted by Crippen LogP contribution is 2.31. The van der Waals surface area contributed by atoms with Crippen molar-refractivity contribution in [2.24, 2.45) is 11.8 Å². The third kappa shape index (κ3) is 3.00. The summed E-state index contributed by atoms with van der Waals surface area (Å²) in [6.45, 7) is 3.31. The van der Waals surface area contributed by atoms with E-state index in [1.54, 1.807) is 7.11 Å². The van der Waals surface area contributed by atoms with E-state index < -0.39 is 0 Å². The Labute approximate surface area is 130 Å². The molecule has 0 N–H and O–H groups in total. The lowest BCUT2D eigenvalue weighted by molar-refractivity contribution is 0.257. The average Bonchev–Trinajstić information content (AvgIpc) is 2.84. The topological polar surface area (TPSA) is 39.9 Å². The largest absolute Gasteiger partial charge is 0.481 e. The van der Waals surface area contributed by atoms with Gasteiger partial charge in [-0.2, -0.15) is 4.98 Å². The van der Waals surface area contributed by atoms with Gasteiger partial charge in [-0.15, -0.1) is 11.6 Å². The van der Waals surface area contributed by atoms with E-state index in [0.717, 1.165) is 29.5 Å². The molecule has 1 aliphatic rings. The van der Waals surface area contributed by atoms with E-state index in [2.05, 4.69) is 21.5 Å². The van der Waals surface area contributed by atoms with E-state index >= 15 is 0 Å². The number of aromatic nitrogens is 3. The standard InChI is InChI=1S/C16H22ClN3O/c1-11-4-3-5-12(8-11)10-20-14(9-17)18-13-6-7-15(21-2)19-16(13)20/h6-7,11-12H,3-5,8-10H2,1-2H3. The smallest absolute Gasteiger partial charge is 0.215 e. The first-order valence-electron chi connectivity index (χ1n) is 7.67. The molecule has 3 rings (SSSR count). The fourth-order valence-electron chi connectivity index (χ4n) is 3.42. The molecule has 114 valence electrons. The number of alkyl halides is 1. The maximum absolute atomic E-state index is 6.08. The molecule has 1 aliphatic carbocycles. The van der Waals surface area contributed by atoms with Crippen LogP contribution in [0.15, 0.2) is 12.1 Å². The van der Waals surface area contributed by atoms with Crippen molar-refractivity contribution in [1.29, 1.82) is 0 Å². The predicted octanol–water partition coefficient (Wildman–Crippen LogP) is 4.01. The third-order valence-corrected chi connectivity index (χ3v) is 4.70. The highest BCUT2D eigenvalue weighted by atomic mass is 35.5. The summed E-state index contributed by atoms with van der Waals surface area (Å²) in [5, 5.41) is 0. The van der Waals surface area contributed by atoms with Crippen LogP contribution in [0.1, 0.15) is 38.4 Å². The van der Waals surface area contributed by atoms with Gasteiger partial charge >= 0.3 is 0 Å². The van der Waals surface area contributed by atoms with Crippen LogP contribution in [0.4, 0.5) is 0 Å². The van der Waals surface area contributed by atoms with Gasteiger partial charge in [0.25, 0.3) is 0 Å². The van der Waals surface area contributed by atoms with Gasteiger partial charge < -0.3 is 9.30 Å². The summed E-state index contributed by atoms with van der Waals surface area (Å²) in [5.74, 6) is 3.47.